The summed E-state index contributed by atoms with van der Waals surface area (Å²) in [5.41, 5.74) is 5.89. The van der Waals surface area contributed by atoms with E-state index >= 15 is 0 Å². The van der Waals surface area contributed by atoms with Crippen LogP contribution >= 0.6 is 0 Å². The van der Waals surface area contributed by atoms with Gasteiger partial charge >= 0.3 is 0 Å². The van der Waals surface area contributed by atoms with Gasteiger partial charge in [-0.05, 0) is 70.0 Å². The van der Waals surface area contributed by atoms with Gasteiger partial charge in [0.15, 0.2) is 5.82 Å². The summed E-state index contributed by atoms with van der Waals surface area (Å²) >= 11 is 0. The molecule has 0 bridgehead atoms. The average Bonchev–Trinajstić information content (AvgIpc) is 3.59. The fourth-order valence-electron chi connectivity index (χ4n) is 5.93. The van der Waals surface area contributed by atoms with E-state index in [4.69, 9.17) is 0 Å². The largest absolute Gasteiger partial charge is 0.343 e. The first-order valence-electron chi connectivity index (χ1n) is 14.2. The minimum Gasteiger partial charge on any atom is -0.343 e. The van der Waals surface area contributed by atoms with E-state index in [1.807, 2.05) is 47.4 Å². The van der Waals surface area contributed by atoms with Crippen LogP contribution in [0.4, 0.5) is 0 Å². The fourth-order valence-corrected chi connectivity index (χ4v) is 5.93. The van der Waals surface area contributed by atoms with Crippen molar-refractivity contribution >= 4 is 11.8 Å². The van der Waals surface area contributed by atoms with Crippen LogP contribution in [0.5, 0.6) is 0 Å². The maximum atomic E-state index is 14.1. The Bertz CT molecular complexity index is 1640. The first kappa shape index (κ1) is 27.1. The number of H-pyrrole nitrogens is 1. The lowest BCUT2D eigenvalue weighted by molar-refractivity contribution is -0.135. The van der Waals surface area contributed by atoms with Crippen LogP contribution < -0.4 is 5.32 Å². The smallest absolute Gasteiger partial charge is 0.251 e. The summed E-state index contributed by atoms with van der Waals surface area (Å²) in [4.78, 5) is 29.3. The highest BCUT2D eigenvalue weighted by Gasteiger charge is 2.36. The molecular weight excluding hydrogens is 524 g/mol. The second kappa shape index (κ2) is 12.6. The molecule has 0 aliphatic heterocycles. The number of aryl methyl sites for hydroxylation is 1. The monoisotopic (exact) mass is 556 g/mol. The van der Waals surface area contributed by atoms with Crippen molar-refractivity contribution < 1.29 is 9.59 Å². The summed E-state index contributed by atoms with van der Waals surface area (Å²) in [5, 5.41) is 16.7. The molecule has 1 aliphatic carbocycles. The molecule has 8 nitrogen and oxygen atoms in total. The minimum absolute atomic E-state index is 0.115. The Morgan fingerprint density at radius 1 is 0.857 bits per heavy atom. The Balaban J connectivity index is 1.28. The Morgan fingerprint density at radius 2 is 1.60 bits per heavy atom. The van der Waals surface area contributed by atoms with Crippen LogP contribution in [-0.4, -0.2) is 43.9 Å². The number of hydrogen-bond donors (Lipinski definition) is 2. The molecule has 2 unspecified atom stereocenters. The number of aromatic amines is 1. The van der Waals surface area contributed by atoms with Gasteiger partial charge in [-0.3, -0.25) is 9.59 Å². The third-order valence-electron chi connectivity index (χ3n) is 7.94. The van der Waals surface area contributed by atoms with Crippen molar-refractivity contribution in [2.45, 2.75) is 31.8 Å². The molecular formula is C34H32N6O2. The van der Waals surface area contributed by atoms with E-state index in [-0.39, 0.29) is 30.3 Å². The summed E-state index contributed by atoms with van der Waals surface area (Å²) in [6.45, 7) is 0.338. The lowest BCUT2D eigenvalue weighted by Crippen LogP contribution is -2.45. The lowest BCUT2D eigenvalue weighted by atomic mass is 9.76. The molecule has 0 fully saturated rings. The fraction of sp³-hybridized carbons (Fsp3) is 0.206. The first-order chi connectivity index (χ1) is 20.7. The Morgan fingerprint density at radius 3 is 2.36 bits per heavy atom. The van der Waals surface area contributed by atoms with Crippen molar-refractivity contribution in [1.29, 1.82) is 0 Å². The maximum Gasteiger partial charge on any atom is 0.251 e. The van der Waals surface area contributed by atoms with Gasteiger partial charge in [-0.2, -0.15) is 0 Å². The molecule has 1 aliphatic rings. The van der Waals surface area contributed by atoms with Gasteiger partial charge in [-0.1, -0.05) is 97.1 Å². The number of amides is 2. The van der Waals surface area contributed by atoms with Gasteiger partial charge < -0.3 is 10.2 Å². The van der Waals surface area contributed by atoms with Crippen LogP contribution in [0.1, 0.15) is 45.1 Å². The molecule has 210 valence electrons. The Labute approximate surface area is 244 Å². The summed E-state index contributed by atoms with van der Waals surface area (Å²) in [7, 11) is 0. The van der Waals surface area contributed by atoms with Gasteiger partial charge in [-0.15, -0.1) is 5.10 Å². The molecule has 0 saturated carbocycles. The summed E-state index contributed by atoms with van der Waals surface area (Å²) in [6, 6.07) is 35.9. The van der Waals surface area contributed by atoms with Gasteiger partial charge in [0.25, 0.3) is 5.91 Å². The molecule has 1 aromatic heterocycles. The third-order valence-corrected chi connectivity index (χ3v) is 7.94. The van der Waals surface area contributed by atoms with Crippen LogP contribution in [0.25, 0.3) is 11.4 Å². The topological polar surface area (TPSA) is 104 Å². The van der Waals surface area contributed by atoms with Crippen LogP contribution in [-0.2, 0) is 24.2 Å². The third kappa shape index (κ3) is 6.12. The molecule has 2 atom stereocenters. The molecule has 42 heavy (non-hydrogen) atoms. The molecule has 2 amide bonds. The second-order valence-electron chi connectivity index (χ2n) is 10.7. The van der Waals surface area contributed by atoms with E-state index < -0.39 is 0 Å². The number of carbonyl (C=O) groups is 2. The van der Waals surface area contributed by atoms with Crippen LogP contribution in [0, 0.1) is 5.92 Å². The van der Waals surface area contributed by atoms with Crippen molar-refractivity contribution in [3.05, 3.63) is 137 Å². The second-order valence-corrected chi connectivity index (χ2v) is 10.7. The molecule has 0 saturated heterocycles. The number of aromatic nitrogens is 4. The number of fused-ring (bicyclic) bond motifs is 1. The van der Waals surface area contributed by atoms with E-state index in [1.54, 1.807) is 18.2 Å². The quantitative estimate of drug-likeness (QED) is 0.261. The predicted octanol–water partition coefficient (Wildman–Crippen LogP) is 5.17. The van der Waals surface area contributed by atoms with Crippen LogP contribution in [0.2, 0.25) is 0 Å². The molecule has 8 heteroatoms. The van der Waals surface area contributed by atoms with Gasteiger partial charge in [0.2, 0.25) is 5.91 Å². The number of benzene rings is 4. The van der Waals surface area contributed by atoms with Crippen LogP contribution in [0.15, 0.2) is 109 Å². The van der Waals surface area contributed by atoms with Crippen LogP contribution in [0.3, 0.4) is 0 Å². The van der Waals surface area contributed by atoms with Gasteiger partial charge in [0.1, 0.15) is 0 Å². The predicted molar refractivity (Wildman–Crippen MR) is 160 cm³/mol. The van der Waals surface area contributed by atoms with Gasteiger partial charge in [0.05, 0.1) is 12.6 Å². The molecule has 4 aromatic carbocycles. The average molecular weight is 557 g/mol. The summed E-state index contributed by atoms with van der Waals surface area (Å²) in [5.74, 6) is 0.248. The molecule has 0 radical (unpaired) electrons. The van der Waals surface area contributed by atoms with Crippen molar-refractivity contribution in [2.75, 3.05) is 6.54 Å². The number of hydrogen-bond acceptors (Lipinski definition) is 5. The standard InChI is InChI=1S/C34H32N6O2/c41-31(22-35-34(42)29-16-9-15-28(21-29)33-36-38-39-37-33)40(23-25-12-5-2-6-13-25)32-27(20-24-10-3-1-4-11-24)19-18-26-14-7-8-17-30(26)32/h1-17,21,27,32H,18-20,22-23H2,(H,35,42)(H,36,37,38,39). The van der Waals surface area contributed by atoms with Gasteiger partial charge in [0, 0.05) is 17.7 Å². The number of tetrazole rings is 1. The molecule has 1 heterocycles. The normalized spacial score (nSPS) is 15.9. The van der Waals surface area contributed by atoms with E-state index in [2.05, 4.69) is 74.5 Å². The van der Waals surface area contributed by atoms with E-state index in [9.17, 15) is 9.59 Å². The number of rotatable bonds is 9. The summed E-state index contributed by atoms with van der Waals surface area (Å²) in [6.07, 6.45) is 2.82. The van der Waals surface area contributed by atoms with E-state index in [0.29, 0.717) is 23.5 Å². The Hall–Kier alpha value is -5.11. The maximum absolute atomic E-state index is 14.1. The highest BCUT2D eigenvalue weighted by Crippen LogP contribution is 2.41. The molecule has 6 rings (SSSR count). The number of nitrogens with one attached hydrogen (secondary N) is 2. The van der Waals surface area contributed by atoms with Gasteiger partial charge in [-0.25, -0.2) is 5.10 Å². The van der Waals surface area contributed by atoms with E-state index in [0.717, 1.165) is 24.8 Å². The highest BCUT2D eigenvalue weighted by molar-refractivity contribution is 5.97. The van der Waals surface area contributed by atoms with E-state index in [1.165, 1.54) is 16.7 Å². The zero-order chi connectivity index (χ0) is 28.7. The van der Waals surface area contributed by atoms with Crippen molar-refractivity contribution in [3.8, 4) is 11.4 Å². The zero-order valence-electron chi connectivity index (χ0n) is 23.2. The summed E-state index contributed by atoms with van der Waals surface area (Å²) < 4.78 is 0. The zero-order valence-corrected chi connectivity index (χ0v) is 23.2. The molecule has 2 N–H and O–H groups in total. The first-order valence-corrected chi connectivity index (χ1v) is 14.2. The van der Waals surface area contributed by atoms with Crippen molar-refractivity contribution in [1.82, 2.24) is 30.8 Å². The van der Waals surface area contributed by atoms with Crippen molar-refractivity contribution in [2.24, 2.45) is 5.92 Å². The minimum atomic E-state index is -0.331. The molecule has 5 aromatic rings. The van der Waals surface area contributed by atoms with Crippen molar-refractivity contribution in [3.63, 3.8) is 0 Å². The SMILES string of the molecule is O=C(NCC(=O)N(Cc1ccccc1)C1c2ccccc2CCC1Cc1ccccc1)c1cccc(-c2nnn[nH]2)c1. The lowest BCUT2D eigenvalue weighted by Gasteiger charge is -2.42. The molecule has 0 spiro atoms. The number of carbonyl (C=O) groups excluding carboxylic acids is 2. The Kier molecular flexibility index (Phi) is 8.12. The number of nitrogens with zero attached hydrogens (tertiary/aromatic N) is 4. The highest BCUT2D eigenvalue weighted by atomic mass is 16.2.